The van der Waals surface area contributed by atoms with Gasteiger partial charge in [-0.2, -0.15) is 4.37 Å². The van der Waals surface area contributed by atoms with Crippen LogP contribution in [0.2, 0.25) is 0 Å². The molecule has 2 saturated heterocycles. The van der Waals surface area contributed by atoms with Crippen LogP contribution in [0, 0.1) is 0 Å². The summed E-state index contributed by atoms with van der Waals surface area (Å²) in [5.74, 6) is 1.94. The summed E-state index contributed by atoms with van der Waals surface area (Å²) in [6.07, 6.45) is 2.83. The third kappa shape index (κ3) is 3.78. The van der Waals surface area contributed by atoms with E-state index in [0.29, 0.717) is 23.5 Å². The second kappa shape index (κ2) is 6.41. The van der Waals surface area contributed by atoms with Gasteiger partial charge < -0.3 is 10.2 Å². The maximum atomic E-state index is 11.5. The summed E-state index contributed by atoms with van der Waals surface area (Å²) in [7, 11) is -2.79. The smallest absolute Gasteiger partial charge is 0.205 e. The Morgan fingerprint density at radius 3 is 2.50 bits per heavy atom. The fourth-order valence-electron chi connectivity index (χ4n) is 3.09. The molecular formula is C14H24N4O2S2. The van der Waals surface area contributed by atoms with E-state index in [1.807, 2.05) is 0 Å². The Bertz CT molecular complexity index is 606. The summed E-state index contributed by atoms with van der Waals surface area (Å²) in [6, 6.07) is 0.572. The van der Waals surface area contributed by atoms with E-state index < -0.39 is 9.84 Å². The Labute approximate surface area is 136 Å². The van der Waals surface area contributed by atoms with Crippen LogP contribution < -0.4 is 10.2 Å². The second-order valence-electron chi connectivity index (χ2n) is 6.62. The summed E-state index contributed by atoms with van der Waals surface area (Å²) in [5, 5.41) is 4.55. The van der Waals surface area contributed by atoms with Crippen molar-refractivity contribution < 1.29 is 8.42 Å². The van der Waals surface area contributed by atoms with Crippen molar-refractivity contribution in [3.05, 3.63) is 5.82 Å². The standard InChI is InChI=1S/C14H24N4O2S2/c1-10(2)13-16-14(21-17-13)18-6-3-11(4-7-18)15-12-5-8-22(19,20)9-12/h10-12,15H,3-9H2,1-2H3/t12-/m0/s1. The predicted molar refractivity (Wildman–Crippen MR) is 89.4 cm³/mol. The lowest BCUT2D eigenvalue weighted by Crippen LogP contribution is -2.46. The highest BCUT2D eigenvalue weighted by Crippen LogP contribution is 2.25. The number of piperidine rings is 1. The lowest BCUT2D eigenvalue weighted by Gasteiger charge is -2.33. The molecule has 124 valence electrons. The topological polar surface area (TPSA) is 75.2 Å². The van der Waals surface area contributed by atoms with E-state index in [0.717, 1.165) is 43.3 Å². The molecule has 2 aliphatic rings. The van der Waals surface area contributed by atoms with Crippen molar-refractivity contribution in [2.24, 2.45) is 0 Å². The molecule has 1 N–H and O–H groups in total. The van der Waals surface area contributed by atoms with Crippen molar-refractivity contribution in [3.8, 4) is 0 Å². The maximum absolute atomic E-state index is 11.5. The Kier molecular flexibility index (Phi) is 4.70. The zero-order valence-electron chi connectivity index (χ0n) is 13.2. The van der Waals surface area contributed by atoms with Crippen LogP contribution in [0.15, 0.2) is 0 Å². The fourth-order valence-corrected chi connectivity index (χ4v) is 5.63. The van der Waals surface area contributed by atoms with Crippen molar-refractivity contribution in [1.82, 2.24) is 14.7 Å². The molecule has 3 heterocycles. The molecule has 0 saturated carbocycles. The SMILES string of the molecule is CC(C)c1nsc(N2CCC(N[C@H]3CCS(=O)(=O)C3)CC2)n1. The van der Waals surface area contributed by atoms with E-state index in [4.69, 9.17) is 0 Å². The van der Waals surface area contributed by atoms with Gasteiger partial charge in [-0.1, -0.05) is 13.8 Å². The number of nitrogens with one attached hydrogen (secondary N) is 1. The van der Waals surface area contributed by atoms with Crippen molar-refractivity contribution in [3.63, 3.8) is 0 Å². The van der Waals surface area contributed by atoms with Gasteiger partial charge >= 0.3 is 0 Å². The summed E-state index contributed by atoms with van der Waals surface area (Å²) < 4.78 is 27.4. The summed E-state index contributed by atoms with van der Waals surface area (Å²) in [4.78, 5) is 6.91. The number of aromatic nitrogens is 2. The van der Waals surface area contributed by atoms with Crippen LogP contribution in [0.3, 0.4) is 0 Å². The molecular weight excluding hydrogens is 320 g/mol. The van der Waals surface area contributed by atoms with E-state index >= 15 is 0 Å². The summed E-state index contributed by atoms with van der Waals surface area (Å²) in [5.41, 5.74) is 0. The Balaban J connectivity index is 1.50. The normalized spacial score (nSPS) is 26.0. The van der Waals surface area contributed by atoms with Gasteiger partial charge in [0.2, 0.25) is 5.13 Å². The van der Waals surface area contributed by atoms with E-state index in [-0.39, 0.29) is 6.04 Å². The number of hydrogen-bond donors (Lipinski definition) is 1. The molecule has 1 aromatic heterocycles. The molecule has 0 bridgehead atoms. The number of sulfone groups is 1. The number of hydrogen-bond acceptors (Lipinski definition) is 7. The average Bonchev–Trinajstić information content (AvgIpc) is 3.07. The molecule has 0 aromatic carbocycles. The second-order valence-corrected chi connectivity index (χ2v) is 9.58. The van der Waals surface area contributed by atoms with Crippen molar-refractivity contribution >= 4 is 26.5 Å². The van der Waals surface area contributed by atoms with Gasteiger partial charge in [-0.15, -0.1) is 0 Å². The zero-order valence-corrected chi connectivity index (χ0v) is 14.8. The predicted octanol–water partition coefficient (Wildman–Crippen LogP) is 1.41. The minimum Gasteiger partial charge on any atom is -0.347 e. The molecule has 22 heavy (non-hydrogen) atoms. The lowest BCUT2D eigenvalue weighted by atomic mass is 10.0. The van der Waals surface area contributed by atoms with Gasteiger partial charge in [0.1, 0.15) is 5.82 Å². The van der Waals surface area contributed by atoms with E-state index in [1.165, 1.54) is 11.5 Å². The molecule has 3 rings (SSSR count). The molecule has 0 spiro atoms. The van der Waals surface area contributed by atoms with Gasteiger partial charge in [0.15, 0.2) is 9.84 Å². The minimum atomic E-state index is -2.79. The Morgan fingerprint density at radius 1 is 1.23 bits per heavy atom. The van der Waals surface area contributed by atoms with E-state index in [1.54, 1.807) is 0 Å². The largest absolute Gasteiger partial charge is 0.347 e. The van der Waals surface area contributed by atoms with E-state index in [9.17, 15) is 8.42 Å². The van der Waals surface area contributed by atoms with Crippen LogP contribution in [0.25, 0.3) is 0 Å². The van der Waals surface area contributed by atoms with Gasteiger partial charge in [-0.25, -0.2) is 13.4 Å². The minimum absolute atomic E-state index is 0.149. The highest BCUT2D eigenvalue weighted by atomic mass is 32.2. The Hall–Kier alpha value is -0.730. The van der Waals surface area contributed by atoms with Gasteiger partial charge in [0, 0.05) is 42.6 Å². The molecule has 1 atom stereocenters. The van der Waals surface area contributed by atoms with Crippen LogP contribution in [-0.2, 0) is 9.84 Å². The van der Waals surface area contributed by atoms with Crippen LogP contribution in [0.1, 0.15) is 44.9 Å². The monoisotopic (exact) mass is 344 g/mol. The zero-order chi connectivity index (χ0) is 15.7. The molecule has 2 aliphatic heterocycles. The quantitative estimate of drug-likeness (QED) is 0.890. The molecule has 2 fully saturated rings. The van der Waals surface area contributed by atoms with Gasteiger partial charge in [-0.3, -0.25) is 0 Å². The Morgan fingerprint density at radius 2 is 1.95 bits per heavy atom. The molecule has 0 amide bonds. The highest BCUT2D eigenvalue weighted by Gasteiger charge is 2.30. The number of nitrogens with zero attached hydrogens (tertiary/aromatic N) is 3. The first-order chi connectivity index (χ1) is 10.4. The first-order valence-electron chi connectivity index (χ1n) is 7.98. The lowest BCUT2D eigenvalue weighted by molar-refractivity contribution is 0.378. The summed E-state index contributed by atoms with van der Waals surface area (Å²) in [6.45, 7) is 6.14. The van der Waals surface area contributed by atoms with Crippen LogP contribution >= 0.6 is 11.5 Å². The third-order valence-corrected chi connectivity index (χ3v) is 6.98. The molecule has 0 aliphatic carbocycles. The number of anilines is 1. The van der Waals surface area contributed by atoms with E-state index in [2.05, 4.69) is 33.4 Å². The first-order valence-corrected chi connectivity index (χ1v) is 10.6. The molecule has 0 radical (unpaired) electrons. The van der Waals surface area contributed by atoms with Gasteiger partial charge in [0.25, 0.3) is 0 Å². The third-order valence-electron chi connectivity index (χ3n) is 4.42. The van der Waals surface area contributed by atoms with Crippen LogP contribution in [0.5, 0.6) is 0 Å². The van der Waals surface area contributed by atoms with Crippen LogP contribution in [0.4, 0.5) is 5.13 Å². The van der Waals surface area contributed by atoms with Gasteiger partial charge in [-0.05, 0) is 19.3 Å². The fraction of sp³-hybridized carbons (Fsp3) is 0.857. The molecule has 0 unspecified atom stereocenters. The first kappa shape index (κ1) is 16.1. The van der Waals surface area contributed by atoms with Gasteiger partial charge in [0.05, 0.1) is 11.5 Å². The van der Waals surface area contributed by atoms with Crippen LogP contribution in [-0.4, -0.2) is 54.5 Å². The van der Waals surface area contributed by atoms with Crippen molar-refractivity contribution in [2.75, 3.05) is 29.5 Å². The summed E-state index contributed by atoms with van der Waals surface area (Å²) >= 11 is 1.48. The average molecular weight is 345 g/mol. The molecule has 6 nitrogen and oxygen atoms in total. The molecule has 8 heteroatoms. The van der Waals surface area contributed by atoms with Crippen molar-refractivity contribution in [1.29, 1.82) is 0 Å². The molecule has 1 aromatic rings. The van der Waals surface area contributed by atoms with Crippen molar-refractivity contribution in [2.45, 2.75) is 51.1 Å². The highest BCUT2D eigenvalue weighted by molar-refractivity contribution is 7.91. The number of rotatable bonds is 4. The maximum Gasteiger partial charge on any atom is 0.205 e.